The van der Waals surface area contributed by atoms with Crippen molar-refractivity contribution in [3.63, 3.8) is 0 Å². The normalized spacial score (nSPS) is 11.4. The third-order valence-electron chi connectivity index (χ3n) is 6.72. The number of imidazole rings is 1. The van der Waals surface area contributed by atoms with E-state index in [-0.39, 0.29) is 0 Å². The van der Waals surface area contributed by atoms with Gasteiger partial charge in [0.05, 0.1) is 13.6 Å². The van der Waals surface area contributed by atoms with Crippen molar-refractivity contribution in [1.29, 1.82) is 0 Å². The van der Waals surface area contributed by atoms with Crippen molar-refractivity contribution in [1.82, 2.24) is 4.57 Å². The van der Waals surface area contributed by atoms with Crippen molar-refractivity contribution in [3.8, 4) is 0 Å². The lowest BCUT2D eigenvalue weighted by molar-refractivity contribution is -0.678. The van der Waals surface area contributed by atoms with Gasteiger partial charge in [0.15, 0.2) is 0 Å². The minimum Gasteiger partial charge on any atom is -0.237 e. The topological polar surface area (TPSA) is 8.81 Å². The summed E-state index contributed by atoms with van der Waals surface area (Å²) < 4.78 is 4.85. The van der Waals surface area contributed by atoms with Crippen LogP contribution in [0.15, 0.2) is 12.4 Å². The molecule has 30 heavy (non-hydrogen) atoms. The van der Waals surface area contributed by atoms with Crippen LogP contribution in [0.3, 0.4) is 0 Å². The lowest BCUT2D eigenvalue weighted by Gasteiger charge is -2.05. The highest BCUT2D eigenvalue weighted by Crippen LogP contribution is 2.14. The summed E-state index contributed by atoms with van der Waals surface area (Å²) >= 11 is 0. The van der Waals surface area contributed by atoms with Crippen molar-refractivity contribution in [2.24, 2.45) is 7.05 Å². The van der Waals surface area contributed by atoms with Gasteiger partial charge < -0.3 is 0 Å². The van der Waals surface area contributed by atoms with Crippen LogP contribution in [0.2, 0.25) is 0 Å². The molecule has 0 N–H and O–H groups in total. The van der Waals surface area contributed by atoms with E-state index in [0.717, 1.165) is 0 Å². The van der Waals surface area contributed by atoms with Crippen LogP contribution in [0.25, 0.3) is 0 Å². The number of nitrogens with zero attached hydrogens (tertiary/aromatic N) is 2. The smallest absolute Gasteiger partial charge is 0.237 e. The van der Waals surface area contributed by atoms with Crippen LogP contribution < -0.4 is 4.57 Å². The number of hydrogen-bond acceptors (Lipinski definition) is 0. The third-order valence-corrected chi connectivity index (χ3v) is 6.72. The second-order valence-electron chi connectivity index (χ2n) is 9.63. The van der Waals surface area contributed by atoms with E-state index in [1.165, 1.54) is 147 Å². The highest BCUT2D eigenvalue weighted by atomic mass is 15.1. The molecule has 0 saturated heterocycles. The zero-order chi connectivity index (χ0) is 21.7. The highest BCUT2D eigenvalue weighted by molar-refractivity contribution is 4.84. The van der Waals surface area contributed by atoms with Crippen LogP contribution in [-0.4, -0.2) is 4.57 Å². The monoisotopic (exact) mass is 419 g/mol. The van der Waals surface area contributed by atoms with Gasteiger partial charge in [0.25, 0.3) is 5.82 Å². The predicted molar refractivity (Wildman–Crippen MR) is 133 cm³/mol. The average molecular weight is 420 g/mol. The molecule has 0 atom stereocenters. The minimum atomic E-state index is 1.21. The molecule has 0 aliphatic rings. The largest absolute Gasteiger partial charge is 0.256 e. The van der Waals surface area contributed by atoms with Crippen LogP contribution in [0.1, 0.15) is 148 Å². The fraction of sp³-hybridized carbons (Fsp3) is 0.893. The number of aromatic nitrogens is 2. The molecular weight excluding hydrogens is 364 g/mol. The predicted octanol–water partition coefficient (Wildman–Crippen LogP) is 8.70. The Labute approximate surface area is 189 Å². The number of aryl methyl sites for hydroxylation is 2. The van der Waals surface area contributed by atoms with Gasteiger partial charge in [0, 0.05) is 6.42 Å². The third kappa shape index (κ3) is 14.3. The SMILES string of the molecule is CCCCCCCCCCCCCCCCCc1n(CCCCCCC)cc[n+]1C. The maximum Gasteiger partial charge on any atom is 0.256 e. The number of unbranched alkanes of at least 4 members (excludes halogenated alkanes) is 18. The molecule has 0 aliphatic carbocycles. The quantitative estimate of drug-likeness (QED) is 0.131. The average Bonchev–Trinajstić information content (AvgIpc) is 3.10. The van der Waals surface area contributed by atoms with Gasteiger partial charge in [-0.3, -0.25) is 0 Å². The first kappa shape index (κ1) is 27.2. The van der Waals surface area contributed by atoms with Crippen LogP contribution in [0.5, 0.6) is 0 Å². The maximum absolute atomic E-state index is 2.51. The van der Waals surface area contributed by atoms with E-state index >= 15 is 0 Å². The second kappa shape index (κ2) is 20.1. The molecule has 0 aromatic carbocycles. The molecule has 1 aromatic rings. The lowest BCUT2D eigenvalue weighted by Crippen LogP contribution is -2.32. The Bertz CT molecular complexity index is 477. The van der Waals surface area contributed by atoms with Gasteiger partial charge in [-0.05, 0) is 19.3 Å². The molecule has 0 aliphatic heterocycles. The molecule has 0 radical (unpaired) electrons. The molecule has 0 saturated carbocycles. The summed E-state index contributed by atoms with van der Waals surface area (Å²) in [6, 6.07) is 0. The van der Waals surface area contributed by atoms with E-state index < -0.39 is 0 Å². The van der Waals surface area contributed by atoms with Crippen LogP contribution in [0, 0.1) is 0 Å². The van der Waals surface area contributed by atoms with Crippen molar-refractivity contribution >= 4 is 0 Å². The maximum atomic E-state index is 2.51. The van der Waals surface area contributed by atoms with Gasteiger partial charge in [-0.15, -0.1) is 0 Å². The van der Waals surface area contributed by atoms with E-state index in [9.17, 15) is 0 Å². The van der Waals surface area contributed by atoms with Gasteiger partial charge in [-0.25, -0.2) is 9.13 Å². The molecule has 1 rings (SSSR count). The van der Waals surface area contributed by atoms with Crippen molar-refractivity contribution in [3.05, 3.63) is 18.2 Å². The molecular formula is C28H55N2+. The van der Waals surface area contributed by atoms with Crippen molar-refractivity contribution < 1.29 is 4.57 Å². The fourth-order valence-corrected chi connectivity index (χ4v) is 4.62. The summed E-state index contributed by atoms with van der Waals surface area (Å²) in [6.07, 6.45) is 34.3. The van der Waals surface area contributed by atoms with E-state index in [1.54, 1.807) is 0 Å². The zero-order valence-electron chi connectivity index (χ0n) is 21.1. The molecule has 2 heteroatoms. The minimum absolute atomic E-state index is 1.21. The summed E-state index contributed by atoms with van der Waals surface area (Å²) in [5, 5.41) is 0. The second-order valence-corrected chi connectivity index (χ2v) is 9.63. The molecule has 0 unspecified atom stereocenters. The number of rotatable bonds is 22. The first-order chi connectivity index (χ1) is 14.8. The summed E-state index contributed by atoms with van der Waals surface area (Å²) in [7, 11) is 2.22. The molecule has 0 fully saturated rings. The van der Waals surface area contributed by atoms with Gasteiger partial charge in [-0.2, -0.15) is 0 Å². The summed E-state index contributed by atoms with van der Waals surface area (Å²) in [5.41, 5.74) is 0. The Morgan fingerprint density at radius 3 is 1.43 bits per heavy atom. The van der Waals surface area contributed by atoms with E-state index in [4.69, 9.17) is 0 Å². The Kier molecular flexibility index (Phi) is 18.3. The van der Waals surface area contributed by atoms with Gasteiger partial charge in [0.1, 0.15) is 12.4 Å². The molecule has 1 heterocycles. The summed E-state index contributed by atoms with van der Waals surface area (Å²) in [5.74, 6) is 1.53. The summed E-state index contributed by atoms with van der Waals surface area (Å²) in [4.78, 5) is 0. The Hall–Kier alpha value is -0.790. The summed E-state index contributed by atoms with van der Waals surface area (Å²) in [6.45, 7) is 5.80. The van der Waals surface area contributed by atoms with Gasteiger partial charge >= 0.3 is 0 Å². The Balaban J connectivity index is 1.94. The standard InChI is InChI=1S/C28H55N2/c1-4-6-8-10-11-12-13-14-15-16-17-18-19-20-22-24-28-29(3)26-27-30(28)25-23-21-9-7-5-2/h26-27H,4-25H2,1-3H3/q+1. The molecule has 1 aromatic heterocycles. The number of hydrogen-bond donors (Lipinski definition) is 0. The Morgan fingerprint density at radius 2 is 0.967 bits per heavy atom. The van der Waals surface area contributed by atoms with E-state index in [1.807, 2.05) is 0 Å². The highest BCUT2D eigenvalue weighted by Gasteiger charge is 2.13. The van der Waals surface area contributed by atoms with Crippen LogP contribution >= 0.6 is 0 Å². The Morgan fingerprint density at radius 1 is 0.567 bits per heavy atom. The van der Waals surface area contributed by atoms with E-state index in [2.05, 4.69) is 42.4 Å². The first-order valence-corrected chi connectivity index (χ1v) is 13.8. The van der Waals surface area contributed by atoms with Crippen molar-refractivity contribution in [2.75, 3.05) is 0 Å². The van der Waals surface area contributed by atoms with Crippen molar-refractivity contribution in [2.45, 2.75) is 155 Å². The molecule has 0 bridgehead atoms. The van der Waals surface area contributed by atoms with E-state index in [0.29, 0.717) is 0 Å². The van der Waals surface area contributed by atoms with Crippen LogP contribution in [-0.2, 0) is 20.0 Å². The fourth-order valence-electron chi connectivity index (χ4n) is 4.62. The molecule has 0 spiro atoms. The zero-order valence-corrected chi connectivity index (χ0v) is 21.1. The lowest BCUT2D eigenvalue weighted by atomic mass is 10.0. The van der Waals surface area contributed by atoms with Gasteiger partial charge in [-0.1, -0.05) is 123 Å². The van der Waals surface area contributed by atoms with Gasteiger partial charge in [0.2, 0.25) is 0 Å². The molecule has 176 valence electrons. The van der Waals surface area contributed by atoms with Crippen LogP contribution in [0.4, 0.5) is 0 Å². The first-order valence-electron chi connectivity index (χ1n) is 13.8. The molecule has 2 nitrogen and oxygen atoms in total. The molecule has 0 amide bonds.